The monoisotopic (exact) mass is 406 g/mol. The van der Waals surface area contributed by atoms with Gasteiger partial charge in [0.15, 0.2) is 0 Å². The second-order valence-corrected chi connectivity index (χ2v) is 7.89. The summed E-state index contributed by atoms with van der Waals surface area (Å²) in [6.07, 6.45) is 0. The van der Waals surface area contributed by atoms with Crippen molar-refractivity contribution in [3.05, 3.63) is 94.8 Å². The van der Waals surface area contributed by atoms with Crippen LogP contribution in [0.3, 0.4) is 0 Å². The minimum Gasteiger partial charge on any atom is -0.267 e. The zero-order valence-corrected chi connectivity index (χ0v) is 16.1. The van der Waals surface area contributed by atoms with Gasteiger partial charge < -0.3 is 0 Å². The second kappa shape index (κ2) is 7.59. The summed E-state index contributed by atoms with van der Waals surface area (Å²) in [5.41, 5.74) is 2.71. The highest BCUT2D eigenvalue weighted by molar-refractivity contribution is 7.87. The maximum Gasteiger partial charge on any atom is 0.279 e. The molecular weight excluding hydrogens is 388 g/mol. The van der Waals surface area contributed by atoms with Crippen LogP contribution in [0.25, 0.3) is 27.7 Å². The molecule has 8 heteroatoms. The van der Waals surface area contributed by atoms with E-state index in [0.29, 0.717) is 16.8 Å². The molecular formula is C21H18N4O3S. The summed E-state index contributed by atoms with van der Waals surface area (Å²) >= 11 is 0. The highest BCUT2D eigenvalue weighted by Gasteiger charge is 2.13. The first-order chi connectivity index (χ1) is 13.9. The average molecular weight is 406 g/mol. The van der Waals surface area contributed by atoms with E-state index in [9.17, 15) is 13.2 Å². The number of rotatable bonds is 5. The van der Waals surface area contributed by atoms with Crippen LogP contribution in [0.15, 0.2) is 83.7 Å². The molecule has 0 unspecified atom stereocenters. The number of nitrogens with two attached hydrogens (primary N) is 1. The Bertz CT molecular complexity index is 1330. The van der Waals surface area contributed by atoms with Gasteiger partial charge >= 0.3 is 0 Å². The van der Waals surface area contributed by atoms with E-state index < -0.39 is 10.2 Å². The molecule has 0 radical (unpaired) electrons. The van der Waals surface area contributed by atoms with Crippen molar-refractivity contribution in [3.63, 3.8) is 0 Å². The predicted octanol–water partition coefficient (Wildman–Crippen LogP) is 2.35. The van der Waals surface area contributed by atoms with Crippen LogP contribution in [0.5, 0.6) is 0 Å². The van der Waals surface area contributed by atoms with Gasteiger partial charge in [0.2, 0.25) is 0 Å². The molecule has 0 fully saturated rings. The molecule has 0 atom stereocenters. The maximum absolute atomic E-state index is 13.0. The molecule has 7 nitrogen and oxygen atoms in total. The van der Waals surface area contributed by atoms with E-state index in [1.807, 2.05) is 60.7 Å². The van der Waals surface area contributed by atoms with Crippen LogP contribution >= 0.6 is 0 Å². The molecule has 0 saturated carbocycles. The predicted molar refractivity (Wildman–Crippen MR) is 113 cm³/mol. The first-order valence-electron chi connectivity index (χ1n) is 8.86. The summed E-state index contributed by atoms with van der Waals surface area (Å²) < 4.78 is 25.8. The van der Waals surface area contributed by atoms with Crippen molar-refractivity contribution in [2.45, 2.75) is 6.54 Å². The molecule has 3 N–H and O–H groups in total. The average Bonchev–Trinajstić information content (AvgIpc) is 2.73. The molecule has 1 aromatic heterocycles. The lowest BCUT2D eigenvalue weighted by Gasteiger charge is -2.12. The number of nitrogens with one attached hydrogen (secondary N) is 1. The van der Waals surface area contributed by atoms with Gasteiger partial charge in [-0.1, -0.05) is 60.7 Å². The van der Waals surface area contributed by atoms with E-state index in [1.165, 1.54) is 4.68 Å². The standard InChI is InChI=1S/C21H18N4O3S/c22-29(27,28)23-14-15-10-12-16(13-11-15)20-18-8-4-5-9-19(18)21(26)25(24-20)17-6-2-1-3-7-17/h1-13,23H,14H2,(H2,22,27,28). The lowest BCUT2D eigenvalue weighted by molar-refractivity contribution is 0.583. The van der Waals surface area contributed by atoms with Crippen molar-refractivity contribution in [3.8, 4) is 16.9 Å². The summed E-state index contributed by atoms with van der Waals surface area (Å²) in [4.78, 5) is 13.0. The zero-order valence-electron chi connectivity index (χ0n) is 15.3. The number of hydrogen-bond acceptors (Lipinski definition) is 4. The van der Waals surface area contributed by atoms with Crippen LogP contribution in [0, 0.1) is 0 Å². The Kier molecular flexibility index (Phi) is 4.98. The molecule has 0 aliphatic carbocycles. The molecule has 29 heavy (non-hydrogen) atoms. The minimum absolute atomic E-state index is 0.0941. The largest absolute Gasteiger partial charge is 0.279 e. The molecule has 146 valence electrons. The first-order valence-corrected chi connectivity index (χ1v) is 10.4. The van der Waals surface area contributed by atoms with Gasteiger partial charge in [0.05, 0.1) is 16.8 Å². The molecule has 0 aliphatic rings. The number of hydrogen-bond donors (Lipinski definition) is 2. The SMILES string of the molecule is NS(=O)(=O)NCc1ccc(-c2nn(-c3ccccc3)c(=O)c3ccccc23)cc1. The lowest BCUT2D eigenvalue weighted by atomic mass is 10.0. The Morgan fingerprint density at radius 3 is 2.14 bits per heavy atom. The lowest BCUT2D eigenvalue weighted by Crippen LogP contribution is -2.30. The molecule has 0 bridgehead atoms. The Balaban J connectivity index is 1.83. The third kappa shape index (κ3) is 4.09. The van der Waals surface area contributed by atoms with Crippen molar-refractivity contribution in [2.24, 2.45) is 5.14 Å². The molecule has 1 heterocycles. The summed E-state index contributed by atoms with van der Waals surface area (Å²) in [5.74, 6) is 0. The van der Waals surface area contributed by atoms with Crippen molar-refractivity contribution in [2.75, 3.05) is 0 Å². The Morgan fingerprint density at radius 1 is 0.862 bits per heavy atom. The summed E-state index contributed by atoms with van der Waals surface area (Å²) in [6.45, 7) is 0.0941. The van der Waals surface area contributed by atoms with Crippen molar-refractivity contribution < 1.29 is 8.42 Å². The molecule has 3 aromatic carbocycles. The van der Waals surface area contributed by atoms with Crippen LogP contribution in [-0.4, -0.2) is 18.2 Å². The quantitative estimate of drug-likeness (QED) is 0.530. The second-order valence-electron chi connectivity index (χ2n) is 6.51. The van der Waals surface area contributed by atoms with Crippen molar-refractivity contribution in [1.82, 2.24) is 14.5 Å². The Hall–Kier alpha value is -3.33. The van der Waals surface area contributed by atoms with Gasteiger partial charge in [-0.15, -0.1) is 0 Å². The normalized spacial score (nSPS) is 11.6. The van der Waals surface area contributed by atoms with Crippen molar-refractivity contribution >= 4 is 21.0 Å². The molecule has 0 saturated heterocycles. The van der Waals surface area contributed by atoms with Gasteiger partial charge in [-0.25, -0.2) is 5.14 Å². The molecule has 0 amide bonds. The summed E-state index contributed by atoms with van der Waals surface area (Å²) in [5, 5.41) is 10.9. The fraction of sp³-hybridized carbons (Fsp3) is 0.0476. The summed E-state index contributed by atoms with van der Waals surface area (Å²) in [7, 11) is -3.75. The Morgan fingerprint density at radius 2 is 1.48 bits per heavy atom. The van der Waals surface area contributed by atoms with Gasteiger partial charge in [0.1, 0.15) is 0 Å². The number of aromatic nitrogens is 2. The van der Waals surface area contributed by atoms with E-state index in [0.717, 1.165) is 16.5 Å². The number of nitrogens with zero attached hydrogens (tertiary/aromatic N) is 2. The van der Waals surface area contributed by atoms with Crippen LogP contribution in [0.2, 0.25) is 0 Å². The third-order valence-electron chi connectivity index (χ3n) is 4.51. The number of benzene rings is 3. The van der Waals surface area contributed by atoms with Crippen LogP contribution in [0.1, 0.15) is 5.56 Å². The highest BCUT2D eigenvalue weighted by Crippen LogP contribution is 2.25. The first kappa shape index (κ1) is 19.0. The van der Waals surface area contributed by atoms with E-state index in [-0.39, 0.29) is 12.1 Å². The number of para-hydroxylation sites is 1. The number of fused-ring (bicyclic) bond motifs is 1. The van der Waals surface area contributed by atoms with Gasteiger partial charge in [-0.2, -0.15) is 22.9 Å². The van der Waals surface area contributed by atoms with E-state index in [4.69, 9.17) is 5.14 Å². The van der Waals surface area contributed by atoms with Gasteiger partial charge in [-0.3, -0.25) is 4.79 Å². The van der Waals surface area contributed by atoms with Crippen LogP contribution in [0.4, 0.5) is 0 Å². The molecule has 4 rings (SSSR count). The van der Waals surface area contributed by atoms with Gasteiger partial charge in [-0.05, 0) is 23.8 Å². The topological polar surface area (TPSA) is 107 Å². The fourth-order valence-corrected chi connectivity index (χ4v) is 3.48. The minimum atomic E-state index is -3.75. The van der Waals surface area contributed by atoms with E-state index in [2.05, 4.69) is 9.82 Å². The van der Waals surface area contributed by atoms with Crippen molar-refractivity contribution in [1.29, 1.82) is 0 Å². The van der Waals surface area contributed by atoms with E-state index in [1.54, 1.807) is 18.2 Å². The fourth-order valence-electron chi connectivity index (χ4n) is 3.11. The van der Waals surface area contributed by atoms with E-state index >= 15 is 0 Å². The third-order valence-corrected chi connectivity index (χ3v) is 5.06. The van der Waals surface area contributed by atoms with Gasteiger partial charge in [0.25, 0.3) is 15.8 Å². The Labute approximate surface area is 167 Å². The van der Waals surface area contributed by atoms with Gasteiger partial charge in [0, 0.05) is 17.5 Å². The van der Waals surface area contributed by atoms with Crippen LogP contribution in [-0.2, 0) is 16.8 Å². The molecule has 0 aliphatic heterocycles. The smallest absolute Gasteiger partial charge is 0.267 e. The zero-order chi connectivity index (χ0) is 20.4. The molecule has 4 aromatic rings. The molecule has 0 spiro atoms. The summed E-state index contributed by atoms with van der Waals surface area (Å²) in [6, 6.07) is 23.9. The highest BCUT2D eigenvalue weighted by atomic mass is 32.2. The maximum atomic E-state index is 13.0. The van der Waals surface area contributed by atoms with Crippen LogP contribution < -0.4 is 15.4 Å².